The van der Waals surface area contributed by atoms with Crippen LogP contribution in [0, 0.1) is 0 Å². The Morgan fingerprint density at radius 2 is 1.14 bits per heavy atom. The number of aliphatic hydroxyl groups is 1. The van der Waals surface area contributed by atoms with Crippen molar-refractivity contribution in [2.45, 2.75) is 51.4 Å². The third-order valence-corrected chi connectivity index (χ3v) is 3.49. The van der Waals surface area contributed by atoms with Gasteiger partial charge in [0.2, 0.25) is 0 Å². The zero-order valence-corrected chi connectivity index (χ0v) is 13.6. The second-order valence-corrected chi connectivity index (χ2v) is 5.33. The van der Waals surface area contributed by atoms with E-state index >= 15 is 0 Å². The van der Waals surface area contributed by atoms with Crippen LogP contribution in [0.4, 0.5) is 0 Å². The number of aliphatic hydroxyl groups excluding tert-OH is 1. The van der Waals surface area contributed by atoms with Gasteiger partial charge in [-0.25, -0.2) is 0 Å². The summed E-state index contributed by atoms with van der Waals surface area (Å²) in [5, 5.41) is 8.87. The summed E-state index contributed by atoms with van der Waals surface area (Å²) >= 11 is 0. The van der Waals surface area contributed by atoms with Crippen molar-refractivity contribution in [2.24, 2.45) is 0 Å². The van der Waals surface area contributed by atoms with Crippen LogP contribution in [0.25, 0.3) is 0 Å². The first-order valence-corrected chi connectivity index (χ1v) is 8.29. The minimum atomic E-state index is 0.250. The largest absolute Gasteiger partial charge is 0.468 e. The van der Waals surface area contributed by atoms with E-state index in [1.807, 2.05) is 0 Å². The van der Waals surface area contributed by atoms with Crippen LogP contribution in [0.15, 0.2) is 0 Å². The summed E-state index contributed by atoms with van der Waals surface area (Å²) in [5.74, 6) is 0. The lowest BCUT2D eigenvalue weighted by Gasteiger charge is -2.22. The highest BCUT2D eigenvalue weighted by Gasteiger charge is 2.04. The van der Waals surface area contributed by atoms with Gasteiger partial charge in [-0.05, 0) is 71.0 Å². The zero-order chi connectivity index (χ0) is 16.3. The van der Waals surface area contributed by atoms with E-state index in [-0.39, 0.29) is 6.61 Å². The van der Waals surface area contributed by atoms with Gasteiger partial charge in [-0.3, -0.25) is 9.59 Å². The lowest BCUT2D eigenvalue weighted by atomic mass is 10.2. The van der Waals surface area contributed by atoms with Gasteiger partial charge < -0.3 is 19.5 Å². The Bertz CT molecular complexity index is 231. The Labute approximate surface area is 133 Å². The Balaban J connectivity index is 3.69. The van der Waals surface area contributed by atoms with Crippen molar-refractivity contribution < 1.29 is 24.2 Å². The van der Waals surface area contributed by atoms with Gasteiger partial charge >= 0.3 is 0 Å². The zero-order valence-electron chi connectivity index (χ0n) is 13.6. The molecule has 0 amide bonds. The van der Waals surface area contributed by atoms with E-state index in [0.29, 0.717) is 26.2 Å². The number of rotatable bonds is 18. The molecule has 0 saturated heterocycles. The Hall–Kier alpha value is -1.14. The molecule has 0 fully saturated rings. The number of unbranched alkanes of at least 4 members (excludes halogenated alkanes) is 5. The van der Waals surface area contributed by atoms with Gasteiger partial charge in [0, 0.05) is 6.61 Å². The van der Waals surface area contributed by atoms with Crippen molar-refractivity contribution in [3.05, 3.63) is 0 Å². The third-order valence-electron chi connectivity index (χ3n) is 3.49. The molecule has 0 spiro atoms. The van der Waals surface area contributed by atoms with Crippen LogP contribution in [0.2, 0.25) is 0 Å². The van der Waals surface area contributed by atoms with Gasteiger partial charge in [0.1, 0.15) is 0 Å². The van der Waals surface area contributed by atoms with E-state index in [4.69, 9.17) is 5.11 Å². The standard InChI is InChI=1S/C16H31NO5/c18-12-6-5-11-17(9-3-1-7-13-21-15-19)10-4-2-8-14-22-16-20/h15-16,18H,1-14H2. The molecule has 0 atom stereocenters. The average Bonchev–Trinajstić information content (AvgIpc) is 2.53. The molecule has 0 heterocycles. The number of nitrogens with zero attached hydrogens (tertiary/aromatic N) is 1. The maximum absolute atomic E-state index is 10.0. The van der Waals surface area contributed by atoms with E-state index in [9.17, 15) is 9.59 Å². The third kappa shape index (κ3) is 15.3. The van der Waals surface area contributed by atoms with Gasteiger partial charge in [0.15, 0.2) is 0 Å². The SMILES string of the molecule is O=COCCCCCN(CCCCO)CCCCCOC=O. The van der Waals surface area contributed by atoms with Crippen LogP contribution in [-0.2, 0) is 19.1 Å². The number of ether oxygens (including phenoxy) is 2. The van der Waals surface area contributed by atoms with E-state index < -0.39 is 0 Å². The first kappa shape index (κ1) is 20.9. The van der Waals surface area contributed by atoms with Crippen molar-refractivity contribution in [1.82, 2.24) is 4.90 Å². The van der Waals surface area contributed by atoms with Gasteiger partial charge in [0.25, 0.3) is 12.9 Å². The number of carbonyl (C=O) groups excluding carboxylic acids is 2. The molecule has 0 radical (unpaired) electrons. The summed E-state index contributed by atoms with van der Waals surface area (Å²) in [6, 6.07) is 0. The number of hydrogen-bond donors (Lipinski definition) is 1. The fourth-order valence-corrected chi connectivity index (χ4v) is 2.27. The van der Waals surface area contributed by atoms with E-state index in [2.05, 4.69) is 14.4 Å². The maximum atomic E-state index is 10.0. The highest BCUT2D eigenvalue weighted by Crippen LogP contribution is 2.05. The predicted molar refractivity (Wildman–Crippen MR) is 84.5 cm³/mol. The van der Waals surface area contributed by atoms with Crippen LogP contribution in [0.5, 0.6) is 0 Å². The molecular formula is C16H31NO5. The van der Waals surface area contributed by atoms with E-state index in [1.165, 1.54) is 0 Å². The highest BCUT2D eigenvalue weighted by atomic mass is 16.5. The Morgan fingerprint density at radius 1 is 0.682 bits per heavy atom. The summed E-state index contributed by atoms with van der Waals surface area (Å²) in [7, 11) is 0. The minimum Gasteiger partial charge on any atom is -0.468 e. The molecule has 0 aliphatic carbocycles. The quantitative estimate of drug-likeness (QED) is 0.307. The summed E-state index contributed by atoms with van der Waals surface area (Å²) in [6.45, 7) is 5.34. The Morgan fingerprint density at radius 3 is 1.55 bits per heavy atom. The second kappa shape index (κ2) is 17.9. The number of carbonyl (C=O) groups is 2. The molecule has 6 heteroatoms. The molecule has 0 aromatic heterocycles. The van der Waals surface area contributed by atoms with Gasteiger partial charge in [-0.15, -0.1) is 0 Å². The van der Waals surface area contributed by atoms with Crippen molar-refractivity contribution in [3.8, 4) is 0 Å². The molecular weight excluding hydrogens is 286 g/mol. The summed E-state index contributed by atoms with van der Waals surface area (Å²) < 4.78 is 9.35. The van der Waals surface area contributed by atoms with Crippen molar-refractivity contribution >= 4 is 12.9 Å². The smallest absolute Gasteiger partial charge is 0.293 e. The monoisotopic (exact) mass is 317 g/mol. The molecule has 0 aromatic carbocycles. The van der Waals surface area contributed by atoms with Crippen LogP contribution in [0.3, 0.4) is 0 Å². The van der Waals surface area contributed by atoms with Crippen molar-refractivity contribution in [2.75, 3.05) is 39.5 Å². The highest BCUT2D eigenvalue weighted by molar-refractivity contribution is 5.36. The maximum Gasteiger partial charge on any atom is 0.293 e. The molecule has 0 aromatic rings. The molecule has 0 aliphatic rings. The molecule has 0 rings (SSSR count). The van der Waals surface area contributed by atoms with Crippen molar-refractivity contribution in [1.29, 1.82) is 0 Å². The van der Waals surface area contributed by atoms with Crippen molar-refractivity contribution in [3.63, 3.8) is 0 Å². The minimum absolute atomic E-state index is 0.250. The van der Waals surface area contributed by atoms with Crippen LogP contribution in [0.1, 0.15) is 51.4 Å². The molecule has 130 valence electrons. The number of hydrogen-bond acceptors (Lipinski definition) is 6. The summed E-state index contributed by atoms with van der Waals surface area (Å²) in [4.78, 5) is 22.5. The van der Waals surface area contributed by atoms with E-state index in [1.54, 1.807) is 0 Å². The van der Waals surface area contributed by atoms with E-state index in [0.717, 1.165) is 71.0 Å². The fourth-order valence-electron chi connectivity index (χ4n) is 2.27. The molecule has 1 N–H and O–H groups in total. The Kier molecular flexibility index (Phi) is 17.0. The molecule has 0 saturated carbocycles. The van der Waals surface area contributed by atoms with Gasteiger partial charge in [-0.1, -0.05) is 0 Å². The van der Waals surface area contributed by atoms with Crippen LogP contribution >= 0.6 is 0 Å². The lowest BCUT2D eigenvalue weighted by molar-refractivity contribution is -0.129. The summed E-state index contributed by atoms with van der Waals surface area (Å²) in [6.07, 6.45) is 7.97. The van der Waals surface area contributed by atoms with Gasteiger partial charge in [-0.2, -0.15) is 0 Å². The molecule has 6 nitrogen and oxygen atoms in total. The molecule has 0 unspecified atom stereocenters. The normalized spacial score (nSPS) is 10.6. The first-order valence-electron chi connectivity index (χ1n) is 8.29. The average molecular weight is 317 g/mol. The fraction of sp³-hybridized carbons (Fsp3) is 0.875. The molecule has 22 heavy (non-hydrogen) atoms. The van der Waals surface area contributed by atoms with Crippen LogP contribution in [-0.4, -0.2) is 62.4 Å². The second-order valence-electron chi connectivity index (χ2n) is 5.33. The predicted octanol–water partition coefficient (Wildman–Crippen LogP) is 1.75. The first-order chi connectivity index (χ1) is 10.8. The van der Waals surface area contributed by atoms with Gasteiger partial charge in [0.05, 0.1) is 13.2 Å². The summed E-state index contributed by atoms with van der Waals surface area (Å²) in [5.41, 5.74) is 0. The topological polar surface area (TPSA) is 76.1 Å². The van der Waals surface area contributed by atoms with Crippen LogP contribution < -0.4 is 0 Å². The lowest BCUT2D eigenvalue weighted by Crippen LogP contribution is -2.27. The molecule has 0 bridgehead atoms. The molecule has 0 aliphatic heterocycles.